The van der Waals surface area contributed by atoms with Crippen molar-refractivity contribution in [1.29, 1.82) is 0 Å². The van der Waals surface area contributed by atoms with Gasteiger partial charge in [-0.1, -0.05) is 6.92 Å². The molecule has 14 heavy (non-hydrogen) atoms. The number of hydrogen-bond donors (Lipinski definition) is 3. The third kappa shape index (κ3) is 3.57. The summed E-state index contributed by atoms with van der Waals surface area (Å²) < 4.78 is 0. The highest BCUT2D eigenvalue weighted by molar-refractivity contribution is 5.92. The molecule has 0 fully saturated rings. The minimum absolute atomic E-state index is 0.110. The Hall–Kier alpha value is -1.36. The van der Waals surface area contributed by atoms with Crippen LogP contribution in [-0.2, 0) is 0 Å². The topological polar surface area (TPSA) is 69.8 Å². The lowest BCUT2D eigenvalue weighted by molar-refractivity contribution is 0.0949. The van der Waals surface area contributed by atoms with Gasteiger partial charge in [0.15, 0.2) is 0 Å². The molecular weight excluding hydrogens is 180 g/mol. The Morgan fingerprint density at radius 1 is 1.50 bits per heavy atom. The van der Waals surface area contributed by atoms with Crippen LogP contribution in [0.4, 0.5) is 0 Å². The molecule has 0 aromatic carbocycles. The summed E-state index contributed by atoms with van der Waals surface area (Å²) in [4.78, 5) is 11.3. The third-order valence-corrected chi connectivity index (χ3v) is 1.76. The van der Waals surface area contributed by atoms with E-state index in [1.165, 1.54) is 0 Å². The molecule has 3 N–H and O–H groups in total. The van der Waals surface area contributed by atoms with Gasteiger partial charge in [0.05, 0.1) is 0 Å². The Morgan fingerprint density at radius 2 is 2.36 bits per heavy atom. The zero-order valence-electron chi connectivity index (χ0n) is 8.34. The number of rotatable bonds is 6. The average molecular weight is 196 g/mol. The summed E-state index contributed by atoms with van der Waals surface area (Å²) in [5.74, 6) is -0.110. The normalized spacial score (nSPS) is 10.1. The molecule has 1 aromatic rings. The van der Waals surface area contributed by atoms with Crippen LogP contribution in [0.15, 0.2) is 12.3 Å². The van der Waals surface area contributed by atoms with Crippen molar-refractivity contribution < 1.29 is 4.79 Å². The molecule has 5 heteroatoms. The number of hydrogen-bond acceptors (Lipinski definition) is 3. The minimum Gasteiger partial charge on any atom is -0.349 e. The van der Waals surface area contributed by atoms with Gasteiger partial charge in [0.25, 0.3) is 5.91 Å². The van der Waals surface area contributed by atoms with E-state index in [4.69, 9.17) is 0 Å². The number of aromatic amines is 1. The van der Waals surface area contributed by atoms with Crippen molar-refractivity contribution >= 4 is 5.91 Å². The highest BCUT2D eigenvalue weighted by Crippen LogP contribution is 1.89. The minimum atomic E-state index is -0.110. The first kappa shape index (κ1) is 10.7. The van der Waals surface area contributed by atoms with Crippen LogP contribution in [0.5, 0.6) is 0 Å². The van der Waals surface area contributed by atoms with Gasteiger partial charge in [-0.05, 0) is 19.0 Å². The molecule has 0 radical (unpaired) electrons. The standard InChI is InChI=1S/C9H16N4O/c1-2-4-10-6-7-11-9(14)8-3-5-12-13-8/h3,5,10H,2,4,6-7H2,1H3,(H,11,14)(H,12,13). The van der Waals surface area contributed by atoms with Crippen molar-refractivity contribution in [2.75, 3.05) is 19.6 Å². The summed E-state index contributed by atoms with van der Waals surface area (Å²) in [5, 5.41) is 12.3. The van der Waals surface area contributed by atoms with Crippen molar-refractivity contribution in [2.45, 2.75) is 13.3 Å². The van der Waals surface area contributed by atoms with Crippen LogP contribution >= 0.6 is 0 Å². The fourth-order valence-electron chi connectivity index (χ4n) is 1.04. The second-order valence-corrected chi connectivity index (χ2v) is 2.98. The van der Waals surface area contributed by atoms with Gasteiger partial charge >= 0.3 is 0 Å². The number of amides is 1. The molecule has 1 rings (SSSR count). The van der Waals surface area contributed by atoms with Gasteiger partial charge in [-0.25, -0.2) is 0 Å². The van der Waals surface area contributed by atoms with Gasteiger partial charge in [0.1, 0.15) is 5.69 Å². The van der Waals surface area contributed by atoms with Crippen LogP contribution in [0, 0.1) is 0 Å². The lowest BCUT2D eigenvalue weighted by Gasteiger charge is -2.04. The SMILES string of the molecule is CCCNCCNC(=O)c1ccn[nH]1. The molecule has 0 saturated heterocycles. The zero-order valence-corrected chi connectivity index (χ0v) is 8.34. The van der Waals surface area contributed by atoms with Crippen molar-refractivity contribution in [1.82, 2.24) is 20.8 Å². The van der Waals surface area contributed by atoms with Gasteiger partial charge in [-0.15, -0.1) is 0 Å². The molecule has 78 valence electrons. The van der Waals surface area contributed by atoms with Crippen molar-refractivity contribution in [3.63, 3.8) is 0 Å². The number of carbonyl (C=O) groups is 1. The van der Waals surface area contributed by atoms with E-state index in [1.807, 2.05) is 0 Å². The summed E-state index contributed by atoms with van der Waals surface area (Å²) in [7, 11) is 0. The molecule has 1 amide bonds. The first-order valence-corrected chi connectivity index (χ1v) is 4.83. The summed E-state index contributed by atoms with van der Waals surface area (Å²) in [5.41, 5.74) is 0.500. The molecule has 0 saturated carbocycles. The summed E-state index contributed by atoms with van der Waals surface area (Å²) in [6, 6.07) is 1.65. The fourth-order valence-corrected chi connectivity index (χ4v) is 1.04. The van der Waals surface area contributed by atoms with Gasteiger partial charge < -0.3 is 10.6 Å². The molecule has 0 spiro atoms. The number of nitrogens with one attached hydrogen (secondary N) is 3. The number of carbonyl (C=O) groups excluding carboxylic acids is 1. The zero-order chi connectivity index (χ0) is 10.2. The van der Waals surface area contributed by atoms with Gasteiger partial charge in [-0.3, -0.25) is 9.89 Å². The average Bonchev–Trinajstić information content (AvgIpc) is 2.70. The molecule has 0 aliphatic heterocycles. The lowest BCUT2D eigenvalue weighted by atomic mass is 10.4. The second-order valence-electron chi connectivity index (χ2n) is 2.98. The summed E-state index contributed by atoms with van der Waals surface area (Å²) in [6.45, 7) is 4.53. The predicted molar refractivity (Wildman–Crippen MR) is 54.1 cm³/mol. The molecule has 0 aliphatic rings. The smallest absolute Gasteiger partial charge is 0.269 e. The van der Waals surface area contributed by atoms with Crippen LogP contribution in [0.25, 0.3) is 0 Å². The monoisotopic (exact) mass is 196 g/mol. The van der Waals surface area contributed by atoms with Crippen molar-refractivity contribution in [2.24, 2.45) is 0 Å². The largest absolute Gasteiger partial charge is 0.349 e. The van der Waals surface area contributed by atoms with Gasteiger partial charge in [0, 0.05) is 19.3 Å². The highest BCUT2D eigenvalue weighted by Gasteiger charge is 2.03. The summed E-state index contributed by atoms with van der Waals surface area (Å²) in [6.07, 6.45) is 2.67. The van der Waals surface area contributed by atoms with E-state index in [-0.39, 0.29) is 5.91 Å². The molecule has 0 atom stereocenters. The molecule has 0 unspecified atom stereocenters. The molecule has 1 heterocycles. The van der Waals surface area contributed by atoms with Crippen LogP contribution in [0.1, 0.15) is 23.8 Å². The number of aromatic nitrogens is 2. The molecule has 5 nitrogen and oxygen atoms in total. The van der Waals surface area contributed by atoms with Crippen LogP contribution in [0.2, 0.25) is 0 Å². The lowest BCUT2D eigenvalue weighted by Crippen LogP contribution is -2.32. The van der Waals surface area contributed by atoms with Gasteiger partial charge in [-0.2, -0.15) is 5.10 Å². The van der Waals surface area contributed by atoms with E-state index >= 15 is 0 Å². The van der Waals surface area contributed by atoms with Crippen molar-refractivity contribution in [3.05, 3.63) is 18.0 Å². The Bertz CT molecular complexity index is 258. The maximum absolute atomic E-state index is 11.3. The highest BCUT2D eigenvalue weighted by atomic mass is 16.1. The molecule has 0 bridgehead atoms. The van der Waals surface area contributed by atoms with E-state index in [0.29, 0.717) is 12.2 Å². The molecule has 0 aliphatic carbocycles. The van der Waals surface area contributed by atoms with Crippen LogP contribution < -0.4 is 10.6 Å². The quantitative estimate of drug-likeness (QED) is 0.567. The molecular formula is C9H16N4O. The van der Waals surface area contributed by atoms with E-state index in [0.717, 1.165) is 19.5 Å². The third-order valence-electron chi connectivity index (χ3n) is 1.76. The summed E-state index contributed by atoms with van der Waals surface area (Å²) >= 11 is 0. The Kier molecular flexibility index (Phi) is 4.71. The predicted octanol–water partition coefficient (Wildman–Crippen LogP) is 0.139. The Morgan fingerprint density at radius 3 is 3.00 bits per heavy atom. The van der Waals surface area contributed by atoms with Crippen LogP contribution in [0.3, 0.4) is 0 Å². The second kappa shape index (κ2) is 6.15. The Labute approximate surface area is 83.3 Å². The maximum atomic E-state index is 11.3. The van der Waals surface area contributed by atoms with Crippen LogP contribution in [-0.4, -0.2) is 35.7 Å². The van der Waals surface area contributed by atoms with Gasteiger partial charge in [0.2, 0.25) is 0 Å². The van der Waals surface area contributed by atoms with E-state index in [9.17, 15) is 4.79 Å². The number of nitrogens with zero attached hydrogens (tertiary/aromatic N) is 1. The van der Waals surface area contributed by atoms with E-state index in [1.54, 1.807) is 12.3 Å². The Balaban J connectivity index is 2.10. The fraction of sp³-hybridized carbons (Fsp3) is 0.556. The molecule has 1 aromatic heterocycles. The van der Waals surface area contributed by atoms with Crippen molar-refractivity contribution in [3.8, 4) is 0 Å². The van der Waals surface area contributed by atoms with E-state index in [2.05, 4.69) is 27.8 Å². The first-order chi connectivity index (χ1) is 6.84. The number of H-pyrrole nitrogens is 1. The maximum Gasteiger partial charge on any atom is 0.269 e. The van der Waals surface area contributed by atoms with E-state index < -0.39 is 0 Å². The first-order valence-electron chi connectivity index (χ1n) is 4.83.